The smallest absolute Gasteiger partial charge is 0.133 e. The predicted molar refractivity (Wildman–Crippen MR) is 60.0 cm³/mol. The van der Waals surface area contributed by atoms with Crippen LogP contribution in [0.3, 0.4) is 0 Å². The number of thiophene rings is 1. The molecule has 1 aromatic heterocycles. The van der Waals surface area contributed by atoms with Crippen molar-refractivity contribution < 1.29 is 4.79 Å². The zero-order chi connectivity index (χ0) is 10.1. The summed E-state index contributed by atoms with van der Waals surface area (Å²) in [6.45, 7) is 4.32. The minimum absolute atomic E-state index is 0.449. The Morgan fingerprint density at radius 2 is 2.21 bits per heavy atom. The summed E-state index contributed by atoms with van der Waals surface area (Å²) in [5.74, 6) is 0.964. The Balaban J connectivity index is 2.21. The molecular weight excluding hydrogens is 192 g/mol. The van der Waals surface area contributed by atoms with Crippen LogP contribution in [0.1, 0.15) is 46.9 Å². The zero-order valence-electron chi connectivity index (χ0n) is 8.80. The molecular formula is C12H16OS. The highest BCUT2D eigenvalue weighted by Crippen LogP contribution is 2.36. The zero-order valence-corrected chi connectivity index (χ0v) is 9.62. The number of carbonyl (C=O) groups is 1. The lowest BCUT2D eigenvalue weighted by Gasteiger charge is -2.20. The molecule has 1 unspecified atom stereocenters. The van der Waals surface area contributed by atoms with E-state index in [-0.39, 0.29) is 0 Å². The summed E-state index contributed by atoms with van der Waals surface area (Å²) in [5.41, 5.74) is 1.43. The third-order valence-electron chi connectivity index (χ3n) is 3.00. The summed E-state index contributed by atoms with van der Waals surface area (Å²) in [4.78, 5) is 14.1. The van der Waals surface area contributed by atoms with E-state index in [0.29, 0.717) is 11.7 Å². The summed E-state index contributed by atoms with van der Waals surface area (Å²) in [7, 11) is 0. The lowest BCUT2D eigenvalue weighted by Crippen LogP contribution is -2.13. The predicted octanol–water partition coefficient (Wildman–Crippen LogP) is 3.59. The molecule has 1 heterocycles. The van der Waals surface area contributed by atoms with E-state index in [1.54, 1.807) is 0 Å². The second-order valence-corrected chi connectivity index (χ2v) is 5.66. The summed E-state index contributed by atoms with van der Waals surface area (Å²) in [5, 5.41) is 0. The number of hydrogen-bond acceptors (Lipinski definition) is 2. The lowest BCUT2D eigenvalue weighted by molar-refractivity contribution is -0.120. The maximum absolute atomic E-state index is 11.4. The molecule has 1 atom stereocenters. The van der Waals surface area contributed by atoms with Crippen molar-refractivity contribution in [1.82, 2.24) is 0 Å². The van der Waals surface area contributed by atoms with Gasteiger partial charge in [-0.05, 0) is 44.2 Å². The number of Topliss-reactive ketones (excluding diaryl/α,β-unsaturated/α-hetero) is 1. The summed E-state index contributed by atoms with van der Waals surface area (Å²) in [6.07, 6.45) is 3.86. The van der Waals surface area contributed by atoms with Gasteiger partial charge in [0.05, 0.1) is 0 Å². The standard InChI is InChI=1S/C12H16OS/c1-8-6-12(9(2)14-8)10-4-3-5-11(13)7-10/h6,10H,3-5,7H2,1-2H3. The van der Waals surface area contributed by atoms with E-state index in [0.717, 1.165) is 19.3 Å². The van der Waals surface area contributed by atoms with Crippen molar-refractivity contribution in [3.05, 3.63) is 21.4 Å². The monoisotopic (exact) mass is 208 g/mol. The lowest BCUT2D eigenvalue weighted by atomic mass is 9.83. The first-order valence-electron chi connectivity index (χ1n) is 5.25. The number of hydrogen-bond donors (Lipinski definition) is 0. The van der Waals surface area contributed by atoms with Crippen molar-refractivity contribution >= 4 is 17.1 Å². The SMILES string of the molecule is Cc1cc(C2CCCC(=O)C2)c(C)s1. The largest absolute Gasteiger partial charge is 0.300 e. The van der Waals surface area contributed by atoms with Crippen LogP contribution in [0.15, 0.2) is 6.07 Å². The van der Waals surface area contributed by atoms with Gasteiger partial charge in [-0.25, -0.2) is 0 Å². The third kappa shape index (κ3) is 1.90. The molecule has 0 spiro atoms. The Labute approximate surface area is 89.1 Å². The van der Waals surface area contributed by atoms with Gasteiger partial charge < -0.3 is 0 Å². The first kappa shape index (κ1) is 9.91. The van der Waals surface area contributed by atoms with Gasteiger partial charge in [-0.2, -0.15) is 0 Å². The van der Waals surface area contributed by atoms with Crippen LogP contribution >= 0.6 is 11.3 Å². The van der Waals surface area contributed by atoms with Crippen LogP contribution in [0.2, 0.25) is 0 Å². The second-order valence-electron chi connectivity index (χ2n) is 4.20. The Morgan fingerprint density at radius 3 is 2.79 bits per heavy atom. The van der Waals surface area contributed by atoms with Crippen LogP contribution < -0.4 is 0 Å². The summed E-state index contributed by atoms with van der Waals surface area (Å²) in [6, 6.07) is 2.27. The molecule has 0 aromatic carbocycles. The number of ketones is 1. The minimum atomic E-state index is 0.449. The van der Waals surface area contributed by atoms with Gasteiger partial charge in [-0.1, -0.05) is 0 Å². The van der Waals surface area contributed by atoms with Crippen LogP contribution in [-0.4, -0.2) is 5.78 Å². The third-order valence-corrected chi connectivity index (χ3v) is 3.98. The van der Waals surface area contributed by atoms with Crippen molar-refractivity contribution in [3.8, 4) is 0 Å². The maximum atomic E-state index is 11.4. The number of carbonyl (C=O) groups excluding carboxylic acids is 1. The van der Waals surface area contributed by atoms with Gasteiger partial charge in [0, 0.05) is 22.6 Å². The molecule has 2 heteroatoms. The van der Waals surface area contributed by atoms with Crippen molar-refractivity contribution in [2.75, 3.05) is 0 Å². The van der Waals surface area contributed by atoms with Crippen molar-refractivity contribution in [3.63, 3.8) is 0 Å². The summed E-state index contributed by atoms with van der Waals surface area (Å²) < 4.78 is 0. The molecule has 1 aliphatic rings. The van der Waals surface area contributed by atoms with E-state index in [1.807, 2.05) is 11.3 Å². The van der Waals surface area contributed by atoms with Crippen molar-refractivity contribution in [2.24, 2.45) is 0 Å². The molecule has 1 fully saturated rings. The van der Waals surface area contributed by atoms with Crippen LogP contribution in [0, 0.1) is 13.8 Å². The molecule has 76 valence electrons. The fourth-order valence-electron chi connectivity index (χ4n) is 2.35. The van der Waals surface area contributed by atoms with Crippen molar-refractivity contribution in [1.29, 1.82) is 0 Å². The van der Waals surface area contributed by atoms with Crippen LogP contribution in [0.25, 0.3) is 0 Å². The highest BCUT2D eigenvalue weighted by molar-refractivity contribution is 7.12. The van der Waals surface area contributed by atoms with E-state index in [1.165, 1.54) is 21.7 Å². The molecule has 0 saturated heterocycles. The molecule has 2 rings (SSSR count). The average molecular weight is 208 g/mol. The highest BCUT2D eigenvalue weighted by atomic mass is 32.1. The van der Waals surface area contributed by atoms with Gasteiger partial charge in [0.25, 0.3) is 0 Å². The molecule has 0 N–H and O–H groups in total. The molecule has 0 amide bonds. The van der Waals surface area contributed by atoms with E-state index in [4.69, 9.17) is 0 Å². The van der Waals surface area contributed by atoms with Gasteiger partial charge in [0.1, 0.15) is 5.78 Å². The quantitative estimate of drug-likeness (QED) is 0.689. The van der Waals surface area contributed by atoms with Gasteiger partial charge in [-0.15, -0.1) is 11.3 Å². The molecule has 1 aromatic rings. The molecule has 1 saturated carbocycles. The van der Waals surface area contributed by atoms with E-state index >= 15 is 0 Å². The Bertz CT molecular complexity index is 351. The number of rotatable bonds is 1. The van der Waals surface area contributed by atoms with Gasteiger partial charge in [-0.3, -0.25) is 4.79 Å². The van der Waals surface area contributed by atoms with Gasteiger partial charge in [0.2, 0.25) is 0 Å². The topological polar surface area (TPSA) is 17.1 Å². The Hall–Kier alpha value is -0.630. The van der Waals surface area contributed by atoms with Crippen molar-refractivity contribution in [2.45, 2.75) is 45.4 Å². The molecule has 0 radical (unpaired) electrons. The average Bonchev–Trinajstić information content (AvgIpc) is 2.45. The van der Waals surface area contributed by atoms with Crippen LogP contribution in [0.4, 0.5) is 0 Å². The highest BCUT2D eigenvalue weighted by Gasteiger charge is 2.23. The van der Waals surface area contributed by atoms with Crippen LogP contribution in [0.5, 0.6) is 0 Å². The fraction of sp³-hybridized carbons (Fsp3) is 0.583. The normalized spacial score (nSPS) is 22.7. The molecule has 14 heavy (non-hydrogen) atoms. The van der Waals surface area contributed by atoms with E-state index < -0.39 is 0 Å². The van der Waals surface area contributed by atoms with E-state index in [2.05, 4.69) is 19.9 Å². The Morgan fingerprint density at radius 1 is 1.43 bits per heavy atom. The Kier molecular flexibility index (Phi) is 2.73. The molecule has 1 aliphatic carbocycles. The maximum Gasteiger partial charge on any atom is 0.133 e. The van der Waals surface area contributed by atoms with Gasteiger partial charge in [0.15, 0.2) is 0 Å². The molecule has 0 bridgehead atoms. The number of aryl methyl sites for hydroxylation is 2. The molecule has 0 aliphatic heterocycles. The first-order chi connectivity index (χ1) is 6.66. The summed E-state index contributed by atoms with van der Waals surface area (Å²) >= 11 is 1.85. The van der Waals surface area contributed by atoms with Crippen LogP contribution in [-0.2, 0) is 4.79 Å². The molecule has 1 nitrogen and oxygen atoms in total. The first-order valence-corrected chi connectivity index (χ1v) is 6.07. The minimum Gasteiger partial charge on any atom is -0.300 e. The fourth-order valence-corrected chi connectivity index (χ4v) is 3.36. The van der Waals surface area contributed by atoms with E-state index in [9.17, 15) is 4.79 Å². The van der Waals surface area contributed by atoms with Gasteiger partial charge >= 0.3 is 0 Å². The second kappa shape index (κ2) is 3.85.